The molecule has 3 aromatic carbocycles. The maximum atomic E-state index is 12.8. The fraction of sp³-hybridized carbons (Fsp3) is 0.273. The summed E-state index contributed by atoms with van der Waals surface area (Å²) in [5.41, 5.74) is 13.4. The van der Waals surface area contributed by atoms with E-state index in [0.717, 1.165) is 58.5 Å². The molecule has 1 amide bonds. The third-order valence-corrected chi connectivity index (χ3v) is 7.65. The first-order valence-corrected chi connectivity index (χ1v) is 13.7. The summed E-state index contributed by atoms with van der Waals surface area (Å²) >= 11 is 0. The Kier molecular flexibility index (Phi) is 8.20. The highest BCUT2D eigenvalue weighted by Gasteiger charge is 2.26. The van der Waals surface area contributed by atoms with Crippen molar-refractivity contribution >= 4 is 17.5 Å². The van der Waals surface area contributed by atoms with Gasteiger partial charge in [-0.25, -0.2) is 4.79 Å². The van der Waals surface area contributed by atoms with Crippen molar-refractivity contribution in [2.75, 3.05) is 12.8 Å². The van der Waals surface area contributed by atoms with Crippen LogP contribution in [-0.4, -0.2) is 33.0 Å². The molecule has 40 heavy (non-hydrogen) atoms. The zero-order chi connectivity index (χ0) is 28.1. The lowest BCUT2D eigenvalue weighted by molar-refractivity contribution is 0.119. The van der Waals surface area contributed by atoms with Gasteiger partial charge in [0, 0.05) is 24.7 Å². The van der Waals surface area contributed by atoms with Crippen LogP contribution >= 0.6 is 0 Å². The lowest BCUT2D eigenvalue weighted by Gasteiger charge is -2.30. The summed E-state index contributed by atoms with van der Waals surface area (Å²) in [4.78, 5) is 14.3. The molecule has 1 aliphatic rings. The number of nitrogens with zero attached hydrogens (tertiary/aromatic N) is 3. The van der Waals surface area contributed by atoms with E-state index in [-0.39, 0.29) is 12.6 Å². The second-order valence-electron chi connectivity index (χ2n) is 10.3. The highest BCUT2D eigenvalue weighted by molar-refractivity contribution is 5.85. The Labute approximate surface area is 235 Å². The predicted molar refractivity (Wildman–Crippen MR) is 159 cm³/mol. The van der Waals surface area contributed by atoms with E-state index in [1.165, 1.54) is 16.9 Å². The SMILES string of the molecule is COc1ccc(C(Cc2ccccc2)N(Cc2cccc(-c3nn(C)c(N)c3C3=CCCCC3)c2)C(=O)O)cc1. The van der Waals surface area contributed by atoms with Crippen LogP contribution in [0.25, 0.3) is 16.8 Å². The van der Waals surface area contributed by atoms with Gasteiger partial charge in [-0.3, -0.25) is 9.58 Å². The van der Waals surface area contributed by atoms with Gasteiger partial charge in [0.15, 0.2) is 0 Å². The molecule has 4 aromatic rings. The quantitative estimate of drug-likeness (QED) is 0.238. The molecule has 0 bridgehead atoms. The van der Waals surface area contributed by atoms with Crippen LogP contribution in [0.2, 0.25) is 0 Å². The molecule has 1 unspecified atom stereocenters. The third kappa shape index (κ3) is 5.88. The van der Waals surface area contributed by atoms with Crippen LogP contribution in [-0.2, 0) is 20.0 Å². The number of methoxy groups -OCH3 is 1. The van der Waals surface area contributed by atoms with Crippen LogP contribution in [0.4, 0.5) is 10.6 Å². The van der Waals surface area contributed by atoms with Crippen molar-refractivity contribution in [3.8, 4) is 17.0 Å². The van der Waals surface area contributed by atoms with Gasteiger partial charge < -0.3 is 15.6 Å². The average molecular weight is 537 g/mol. The fourth-order valence-electron chi connectivity index (χ4n) is 5.52. The van der Waals surface area contributed by atoms with Gasteiger partial charge in [0.05, 0.1) is 13.2 Å². The summed E-state index contributed by atoms with van der Waals surface area (Å²) < 4.78 is 7.07. The van der Waals surface area contributed by atoms with E-state index in [2.05, 4.69) is 6.08 Å². The van der Waals surface area contributed by atoms with Gasteiger partial charge in [0.1, 0.15) is 17.3 Å². The molecule has 7 nitrogen and oxygen atoms in total. The monoisotopic (exact) mass is 536 g/mol. The minimum atomic E-state index is -0.975. The summed E-state index contributed by atoms with van der Waals surface area (Å²) in [6.07, 6.45) is 6.22. The minimum Gasteiger partial charge on any atom is -0.497 e. The standard InChI is InChI=1S/C33H36N4O3/c1-36-32(34)30(26-13-7-4-8-14-26)31(35-36)27-15-9-12-24(20-27)22-37(33(38)39)29(21-23-10-5-3-6-11-23)25-16-18-28(40-2)19-17-25/h3,5-6,9-13,15-20,29H,4,7-8,14,21-22,34H2,1-2H3,(H,38,39). The molecule has 1 atom stereocenters. The van der Waals surface area contributed by atoms with E-state index in [9.17, 15) is 9.90 Å². The summed E-state index contributed by atoms with van der Waals surface area (Å²) in [5.74, 6) is 1.39. The molecule has 0 aliphatic heterocycles. The Morgan fingerprint density at radius 1 is 1.05 bits per heavy atom. The number of carboxylic acid groups (broad SMARTS) is 1. The van der Waals surface area contributed by atoms with Gasteiger partial charge in [-0.1, -0.05) is 66.7 Å². The van der Waals surface area contributed by atoms with Gasteiger partial charge in [-0.2, -0.15) is 5.10 Å². The number of allylic oxidation sites excluding steroid dienone is 2. The number of aromatic nitrogens is 2. The van der Waals surface area contributed by atoms with Crippen LogP contribution in [0.1, 0.15) is 54.0 Å². The Morgan fingerprint density at radius 2 is 1.80 bits per heavy atom. The number of benzene rings is 3. The van der Waals surface area contributed by atoms with E-state index in [4.69, 9.17) is 15.6 Å². The molecular weight excluding hydrogens is 500 g/mol. The zero-order valence-electron chi connectivity index (χ0n) is 23.1. The van der Waals surface area contributed by atoms with Crippen molar-refractivity contribution in [1.82, 2.24) is 14.7 Å². The smallest absolute Gasteiger partial charge is 0.408 e. The molecule has 1 aliphatic carbocycles. The third-order valence-electron chi connectivity index (χ3n) is 7.65. The predicted octanol–water partition coefficient (Wildman–Crippen LogP) is 7.10. The van der Waals surface area contributed by atoms with E-state index in [1.807, 2.05) is 85.9 Å². The highest BCUT2D eigenvalue weighted by atomic mass is 16.5. The Morgan fingerprint density at radius 3 is 2.48 bits per heavy atom. The molecule has 1 heterocycles. The summed E-state index contributed by atoms with van der Waals surface area (Å²) in [7, 11) is 3.49. The fourth-order valence-corrected chi connectivity index (χ4v) is 5.52. The van der Waals surface area contributed by atoms with E-state index in [1.54, 1.807) is 11.8 Å². The molecule has 0 spiro atoms. The Bertz CT molecular complexity index is 1490. The number of aryl methyl sites for hydroxylation is 1. The molecular formula is C33H36N4O3. The second kappa shape index (κ2) is 12.1. The van der Waals surface area contributed by atoms with Crippen LogP contribution < -0.4 is 10.5 Å². The van der Waals surface area contributed by atoms with Crippen molar-refractivity contribution in [3.05, 3.63) is 107 Å². The van der Waals surface area contributed by atoms with Crippen LogP contribution in [0.15, 0.2) is 84.9 Å². The van der Waals surface area contributed by atoms with Crippen LogP contribution in [0, 0.1) is 0 Å². The molecule has 1 aromatic heterocycles. The number of ether oxygens (including phenoxy) is 1. The summed E-state index contributed by atoms with van der Waals surface area (Å²) in [6, 6.07) is 25.2. The topological polar surface area (TPSA) is 93.6 Å². The lowest BCUT2D eigenvalue weighted by Crippen LogP contribution is -2.34. The Balaban J connectivity index is 1.50. The van der Waals surface area contributed by atoms with Crippen LogP contribution in [0.3, 0.4) is 0 Å². The number of rotatable bonds is 9. The van der Waals surface area contributed by atoms with Gasteiger partial charge >= 0.3 is 6.09 Å². The molecule has 7 heteroatoms. The normalized spacial score (nSPS) is 13.9. The van der Waals surface area contributed by atoms with Crippen molar-refractivity contribution in [1.29, 1.82) is 0 Å². The average Bonchev–Trinajstić information content (AvgIpc) is 3.29. The molecule has 0 fully saturated rings. The first-order valence-electron chi connectivity index (χ1n) is 13.7. The number of anilines is 1. The number of nitrogen functional groups attached to an aromatic ring is 1. The van der Waals surface area contributed by atoms with Crippen molar-refractivity contribution in [2.45, 2.75) is 44.7 Å². The van der Waals surface area contributed by atoms with E-state index in [0.29, 0.717) is 12.2 Å². The largest absolute Gasteiger partial charge is 0.497 e. The maximum absolute atomic E-state index is 12.8. The molecule has 3 N–H and O–H groups in total. The first-order chi connectivity index (χ1) is 19.4. The first kappa shape index (κ1) is 27.1. The number of hydrogen-bond donors (Lipinski definition) is 2. The van der Waals surface area contributed by atoms with Gasteiger partial charge in [0.25, 0.3) is 0 Å². The molecule has 5 rings (SSSR count). The lowest BCUT2D eigenvalue weighted by atomic mass is 9.91. The number of carbonyl (C=O) groups is 1. The molecule has 0 saturated heterocycles. The minimum absolute atomic E-state index is 0.229. The van der Waals surface area contributed by atoms with Crippen molar-refractivity contribution in [3.63, 3.8) is 0 Å². The maximum Gasteiger partial charge on any atom is 0.408 e. The number of hydrogen-bond acceptors (Lipinski definition) is 4. The summed E-state index contributed by atoms with van der Waals surface area (Å²) in [5, 5.41) is 15.2. The Hall–Kier alpha value is -4.52. The van der Waals surface area contributed by atoms with Crippen molar-refractivity contribution < 1.29 is 14.6 Å². The number of nitrogens with two attached hydrogens (primary N) is 1. The molecule has 0 radical (unpaired) electrons. The van der Waals surface area contributed by atoms with Gasteiger partial charge in [-0.05, 0) is 72.6 Å². The summed E-state index contributed by atoms with van der Waals surface area (Å²) in [6.45, 7) is 0.229. The van der Waals surface area contributed by atoms with Crippen LogP contribution in [0.5, 0.6) is 5.75 Å². The van der Waals surface area contributed by atoms with Gasteiger partial charge in [0.2, 0.25) is 0 Å². The molecule has 206 valence electrons. The second-order valence-corrected chi connectivity index (χ2v) is 10.3. The van der Waals surface area contributed by atoms with E-state index < -0.39 is 6.09 Å². The van der Waals surface area contributed by atoms with E-state index >= 15 is 0 Å². The number of amides is 1. The zero-order valence-corrected chi connectivity index (χ0v) is 23.1. The molecule has 0 saturated carbocycles. The highest BCUT2D eigenvalue weighted by Crippen LogP contribution is 2.38. The van der Waals surface area contributed by atoms with Crippen molar-refractivity contribution in [2.24, 2.45) is 7.05 Å². The van der Waals surface area contributed by atoms with Gasteiger partial charge in [-0.15, -0.1) is 0 Å².